The van der Waals surface area contributed by atoms with Crippen LogP contribution in [0.4, 0.5) is 0 Å². The Hall–Kier alpha value is -1.08. The van der Waals surface area contributed by atoms with Crippen LogP contribution in [0.1, 0.15) is 17.3 Å². The Balaban J connectivity index is 2.36. The molecule has 0 radical (unpaired) electrons. The number of carbonyl (C=O) groups is 1. The van der Waals surface area contributed by atoms with Gasteiger partial charge < -0.3 is 15.2 Å². The molecule has 0 fully saturated rings. The highest BCUT2D eigenvalue weighted by Gasteiger charge is 2.07. The summed E-state index contributed by atoms with van der Waals surface area (Å²) in [6.45, 7) is 6.96. The van der Waals surface area contributed by atoms with E-state index in [0.29, 0.717) is 28.9 Å². The van der Waals surface area contributed by atoms with E-state index >= 15 is 0 Å². The normalized spacial score (nSPS) is 10.1. The molecule has 98 valence electrons. The van der Waals surface area contributed by atoms with E-state index in [0.717, 1.165) is 5.57 Å². The van der Waals surface area contributed by atoms with Crippen LogP contribution in [-0.2, 0) is 4.74 Å². The molecular weight excluding hydrogens is 345 g/mol. The van der Waals surface area contributed by atoms with Crippen molar-refractivity contribution in [2.24, 2.45) is 0 Å². The fourth-order valence-corrected chi connectivity index (χ4v) is 1.57. The van der Waals surface area contributed by atoms with Gasteiger partial charge in [0, 0.05) is 12.1 Å². The lowest BCUT2D eigenvalue weighted by atomic mass is 10.2. The number of rotatable bonds is 6. The van der Waals surface area contributed by atoms with Gasteiger partial charge in [0.1, 0.15) is 5.75 Å². The van der Waals surface area contributed by atoms with E-state index in [1.54, 1.807) is 12.1 Å². The average molecular weight is 361 g/mol. The Kier molecular flexibility index (Phi) is 6.14. The van der Waals surface area contributed by atoms with Gasteiger partial charge >= 0.3 is 0 Å². The van der Waals surface area contributed by atoms with Crippen molar-refractivity contribution in [2.45, 2.75) is 6.92 Å². The van der Waals surface area contributed by atoms with Crippen molar-refractivity contribution < 1.29 is 14.6 Å². The van der Waals surface area contributed by atoms with Crippen LogP contribution in [0.2, 0.25) is 0 Å². The predicted octanol–water partition coefficient (Wildman–Crippen LogP) is 2.32. The first kappa shape index (κ1) is 15.0. The summed E-state index contributed by atoms with van der Waals surface area (Å²) in [5.74, 6) is -0.109. The number of halogens is 1. The zero-order valence-electron chi connectivity index (χ0n) is 10.2. The van der Waals surface area contributed by atoms with Crippen LogP contribution in [0.25, 0.3) is 0 Å². The molecule has 0 bridgehead atoms. The number of nitrogens with one attached hydrogen (secondary N) is 1. The number of ether oxygens (including phenoxy) is 1. The largest absolute Gasteiger partial charge is 0.507 e. The highest BCUT2D eigenvalue weighted by Crippen LogP contribution is 2.20. The maximum Gasteiger partial charge on any atom is 0.251 e. The molecule has 0 aromatic heterocycles. The molecule has 1 amide bonds. The molecule has 1 aromatic carbocycles. The lowest BCUT2D eigenvalue weighted by Crippen LogP contribution is -2.27. The molecule has 5 heteroatoms. The first-order valence-corrected chi connectivity index (χ1v) is 6.57. The molecule has 1 rings (SSSR count). The number of hydrogen-bond acceptors (Lipinski definition) is 3. The maximum absolute atomic E-state index is 11.7. The topological polar surface area (TPSA) is 58.6 Å². The molecule has 18 heavy (non-hydrogen) atoms. The van der Waals surface area contributed by atoms with Gasteiger partial charge in [-0.1, -0.05) is 12.2 Å². The summed E-state index contributed by atoms with van der Waals surface area (Å²) in [6, 6.07) is 4.82. The molecule has 0 aliphatic rings. The molecule has 0 heterocycles. The molecule has 0 aliphatic heterocycles. The van der Waals surface area contributed by atoms with Gasteiger partial charge in [-0.05, 0) is 47.7 Å². The van der Waals surface area contributed by atoms with Crippen LogP contribution in [0, 0.1) is 3.57 Å². The molecule has 2 N–H and O–H groups in total. The Labute approximate surface area is 120 Å². The molecule has 0 saturated carbocycles. The van der Waals surface area contributed by atoms with Gasteiger partial charge in [-0.25, -0.2) is 0 Å². The zero-order valence-corrected chi connectivity index (χ0v) is 12.4. The van der Waals surface area contributed by atoms with Crippen molar-refractivity contribution in [1.29, 1.82) is 0 Å². The monoisotopic (exact) mass is 361 g/mol. The van der Waals surface area contributed by atoms with E-state index in [1.807, 2.05) is 29.5 Å². The van der Waals surface area contributed by atoms with Gasteiger partial charge in [-0.2, -0.15) is 0 Å². The van der Waals surface area contributed by atoms with Crippen LogP contribution >= 0.6 is 22.6 Å². The van der Waals surface area contributed by atoms with E-state index in [9.17, 15) is 9.90 Å². The minimum absolute atomic E-state index is 0.113. The summed E-state index contributed by atoms with van der Waals surface area (Å²) in [5, 5.41) is 12.2. The average Bonchev–Trinajstić information content (AvgIpc) is 2.31. The van der Waals surface area contributed by atoms with Crippen LogP contribution in [-0.4, -0.2) is 30.8 Å². The van der Waals surface area contributed by atoms with Gasteiger partial charge in [0.25, 0.3) is 5.91 Å². The van der Waals surface area contributed by atoms with E-state index in [2.05, 4.69) is 11.9 Å². The van der Waals surface area contributed by atoms with Gasteiger partial charge in [-0.3, -0.25) is 4.79 Å². The summed E-state index contributed by atoms with van der Waals surface area (Å²) in [4.78, 5) is 11.7. The Morgan fingerprint density at radius 2 is 2.28 bits per heavy atom. The van der Waals surface area contributed by atoms with Gasteiger partial charge in [-0.15, -0.1) is 0 Å². The second-order valence-electron chi connectivity index (χ2n) is 3.93. The summed E-state index contributed by atoms with van der Waals surface area (Å²) in [7, 11) is 0. The fourth-order valence-electron chi connectivity index (χ4n) is 1.24. The van der Waals surface area contributed by atoms with E-state index in [4.69, 9.17) is 4.74 Å². The van der Waals surface area contributed by atoms with E-state index < -0.39 is 0 Å². The number of phenols is 1. The lowest BCUT2D eigenvalue weighted by molar-refractivity contribution is 0.0926. The third-order valence-corrected chi connectivity index (χ3v) is 3.00. The highest BCUT2D eigenvalue weighted by molar-refractivity contribution is 14.1. The Morgan fingerprint density at radius 3 is 2.89 bits per heavy atom. The van der Waals surface area contributed by atoms with Crippen molar-refractivity contribution in [2.75, 3.05) is 19.8 Å². The quantitative estimate of drug-likeness (QED) is 0.465. The number of phenolic OH excluding ortho intramolecular Hbond substituents is 1. The molecule has 0 aliphatic carbocycles. The van der Waals surface area contributed by atoms with E-state index in [1.165, 1.54) is 6.07 Å². The van der Waals surface area contributed by atoms with Crippen molar-refractivity contribution in [3.8, 4) is 5.75 Å². The van der Waals surface area contributed by atoms with Crippen LogP contribution in [0.3, 0.4) is 0 Å². The number of hydrogen-bond donors (Lipinski definition) is 2. The van der Waals surface area contributed by atoms with Crippen LogP contribution < -0.4 is 5.32 Å². The Morgan fingerprint density at radius 1 is 1.56 bits per heavy atom. The molecule has 0 spiro atoms. The first-order chi connectivity index (χ1) is 8.50. The molecular formula is C13H16INO3. The number of carbonyl (C=O) groups excluding carboxylic acids is 1. The fraction of sp³-hybridized carbons (Fsp3) is 0.308. The van der Waals surface area contributed by atoms with Gasteiger partial charge in [0.15, 0.2) is 0 Å². The third kappa shape index (κ3) is 5.05. The maximum atomic E-state index is 11.7. The van der Waals surface area contributed by atoms with E-state index in [-0.39, 0.29) is 11.7 Å². The van der Waals surface area contributed by atoms with Crippen molar-refractivity contribution in [3.05, 3.63) is 39.5 Å². The Bertz CT molecular complexity index is 446. The predicted molar refractivity (Wildman–Crippen MR) is 78.8 cm³/mol. The number of aromatic hydroxyl groups is 1. The molecule has 0 saturated heterocycles. The summed E-state index contributed by atoms with van der Waals surface area (Å²) in [5.41, 5.74) is 1.39. The summed E-state index contributed by atoms with van der Waals surface area (Å²) >= 11 is 2.00. The molecule has 0 atom stereocenters. The summed E-state index contributed by atoms with van der Waals surface area (Å²) < 4.78 is 5.98. The number of amides is 1. The lowest BCUT2D eigenvalue weighted by Gasteiger charge is -2.07. The minimum Gasteiger partial charge on any atom is -0.507 e. The second kappa shape index (κ2) is 7.38. The van der Waals surface area contributed by atoms with Crippen LogP contribution in [0.5, 0.6) is 5.75 Å². The molecule has 0 unspecified atom stereocenters. The third-order valence-electron chi connectivity index (χ3n) is 2.09. The second-order valence-corrected chi connectivity index (χ2v) is 5.09. The van der Waals surface area contributed by atoms with Gasteiger partial charge in [0.05, 0.1) is 16.8 Å². The minimum atomic E-state index is -0.222. The first-order valence-electron chi connectivity index (χ1n) is 5.49. The highest BCUT2D eigenvalue weighted by atomic mass is 127. The smallest absolute Gasteiger partial charge is 0.251 e. The van der Waals surface area contributed by atoms with Crippen LogP contribution in [0.15, 0.2) is 30.4 Å². The SMILES string of the molecule is C=C(C)COCCNC(=O)c1ccc(I)c(O)c1. The molecule has 1 aromatic rings. The zero-order chi connectivity index (χ0) is 13.5. The number of benzene rings is 1. The van der Waals surface area contributed by atoms with Gasteiger partial charge in [0.2, 0.25) is 0 Å². The summed E-state index contributed by atoms with van der Waals surface area (Å²) in [6.07, 6.45) is 0. The molecule has 4 nitrogen and oxygen atoms in total. The van der Waals surface area contributed by atoms with Crippen molar-refractivity contribution in [1.82, 2.24) is 5.32 Å². The van der Waals surface area contributed by atoms with Crippen molar-refractivity contribution in [3.63, 3.8) is 0 Å². The standard InChI is InChI=1S/C13H16INO3/c1-9(2)8-18-6-5-15-13(17)10-3-4-11(14)12(16)7-10/h3-4,7,16H,1,5-6,8H2,2H3,(H,15,17). The van der Waals surface area contributed by atoms with Crippen molar-refractivity contribution >= 4 is 28.5 Å².